The molecule has 0 bridgehead atoms. The van der Waals surface area contributed by atoms with E-state index in [1.165, 1.54) is 16.4 Å². The highest BCUT2D eigenvalue weighted by Crippen LogP contribution is 2.30. The van der Waals surface area contributed by atoms with Gasteiger partial charge in [0.05, 0.1) is 10.8 Å². The van der Waals surface area contributed by atoms with Gasteiger partial charge >= 0.3 is 0 Å². The van der Waals surface area contributed by atoms with Crippen molar-refractivity contribution in [2.45, 2.75) is 25.4 Å². The number of nitrogens with two attached hydrogens (primary N) is 1. The maximum absolute atomic E-state index is 11.8. The Kier molecular flexibility index (Phi) is 6.77. The summed E-state index contributed by atoms with van der Waals surface area (Å²) in [6.45, 7) is 4.89. The van der Waals surface area contributed by atoms with E-state index >= 15 is 0 Å². The van der Waals surface area contributed by atoms with Gasteiger partial charge in [0.1, 0.15) is 0 Å². The number of carbonyl (C=O) groups excluding carboxylic acids is 1. The molecule has 0 spiro atoms. The summed E-state index contributed by atoms with van der Waals surface area (Å²) in [4.78, 5) is 11.8. The minimum Gasteiger partial charge on any atom is -0.355 e. The van der Waals surface area contributed by atoms with Crippen LogP contribution in [-0.2, 0) is 4.79 Å². The monoisotopic (exact) mass is 387 g/mol. The Balaban J connectivity index is 1.99. The highest BCUT2D eigenvalue weighted by atomic mass is 35.5. The lowest BCUT2D eigenvalue weighted by atomic mass is 10.1. The number of amides is 1. The van der Waals surface area contributed by atoms with Crippen LogP contribution in [0.5, 0.6) is 0 Å². The van der Waals surface area contributed by atoms with Gasteiger partial charge in [-0.05, 0) is 30.5 Å². The fraction of sp³-hybridized carbons (Fsp3) is 0.400. The molecule has 1 heterocycles. The number of halogens is 2. The Morgan fingerprint density at radius 1 is 1.38 bits per heavy atom. The van der Waals surface area contributed by atoms with Gasteiger partial charge in [0.25, 0.3) is 0 Å². The molecular formula is C15H19Cl2N5OS. The lowest BCUT2D eigenvalue weighted by molar-refractivity contribution is -0.118. The van der Waals surface area contributed by atoms with Gasteiger partial charge in [-0.3, -0.25) is 4.79 Å². The van der Waals surface area contributed by atoms with Gasteiger partial charge in [-0.2, -0.15) is 0 Å². The first-order valence-electron chi connectivity index (χ1n) is 7.44. The summed E-state index contributed by atoms with van der Waals surface area (Å²) >= 11 is 13.3. The summed E-state index contributed by atoms with van der Waals surface area (Å²) < 4.78 is 1.32. The third kappa shape index (κ3) is 5.03. The number of nitrogen functional groups attached to an aromatic ring is 1. The molecule has 0 fully saturated rings. The third-order valence-corrected chi connectivity index (χ3v) is 4.70. The standard InChI is InChI=1S/C15H19Cl2N5OS/c1-9(2)5-6-19-13(23)8-24-15-21-20-14(22(15)18)11-4-3-10(16)7-12(11)17/h3-4,7,9H,5-6,8,18H2,1-2H3,(H,19,23). The van der Waals surface area contributed by atoms with E-state index in [0.717, 1.165) is 6.42 Å². The Hall–Kier alpha value is -1.44. The SMILES string of the molecule is CC(C)CCNC(=O)CSc1nnc(-c2ccc(Cl)cc2Cl)n1N. The highest BCUT2D eigenvalue weighted by Gasteiger charge is 2.16. The van der Waals surface area contributed by atoms with Crippen molar-refractivity contribution in [3.05, 3.63) is 28.2 Å². The van der Waals surface area contributed by atoms with Crippen LogP contribution in [0.25, 0.3) is 11.4 Å². The molecule has 1 aromatic carbocycles. The van der Waals surface area contributed by atoms with Crippen LogP contribution in [0.1, 0.15) is 20.3 Å². The predicted molar refractivity (Wildman–Crippen MR) is 98.8 cm³/mol. The fourth-order valence-corrected chi connectivity index (χ4v) is 3.09. The van der Waals surface area contributed by atoms with Crippen molar-refractivity contribution in [2.24, 2.45) is 5.92 Å². The van der Waals surface area contributed by atoms with Gasteiger partial charge in [0.15, 0.2) is 5.82 Å². The topological polar surface area (TPSA) is 85.8 Å². The zero-order valence-electron chi connectivity index (χ0n) is 13.4. The first-order chi connectivity index (χ1) is 11.4. The molecule has 1 aromatic heterocycles. The van der Waals surface area contributed by atoms with Crippen molar-refractivity contribution in [3.63, 3.8) is 0 Å². The van der Waals surface area contributed by atoms with Crippen molar-refractivity contribution in [1.82, 2.24) is 20.2 Å². The van der Waals surface area contributed by atoms with Crippen LogP contribution in [0.3, 0.4) is 0 Å². The number of benzene rings is 1. The van der Waals surface area contributed by atoms with Gasteiger partial charge in [-0.25, -0.2) is 4.68 Å². The normalized spacial score (nSPS) is 11.0. The van der Waals surface area contributed by atoms with Crippen molar-refractivity contribution in [3.8, 4) is 11.4 Å². The van der Waals surface area contributed by atoms with Gasteiger partial charge in [-0.15, -0.1) is 10.2 Å². The van der Waals surface area contributed by atoms with E-state index in [0.29, 0.717) is 39.1 Å². The molecule has 0 aliphatic carbocycles. The Labute approximate surface area is 155 Å². The van der Waals surface area contributed by atoms with Gasteiger partial charge in [-0.1, -0.05) is 48.8 Å². The van der Waals surface area contributed by atoms with E-state index in [4.69, 9.17) is 29.0 Å². The average Bonchev–Trinajstić information content (AvgIpc) is 2.86. The molecule has 3 N–H and O–H groups in total. The molecule has 0 aliphatic heterocycles. The molecule has 9 heteroatoms. The van der Waals surface area contributed by atoms with Crippen molar-refractivity contribution < 1.29 is 4.79 Å². The number of hydrogen-bond acceptors (Lipinski definition) is 5. The van der Waals surface area contributed by atoms with Crippen LogP contribution in [0.15, 0.2) is 23.4 Å². The molecule has 0 saturated heterocycles. The smallest absolute Gasteiger partial charge is 0.230 e. The molecule has 0 unspecified atom stereocenters. The summed E-state index contributed by atoms with van der Waals surface area (Å²) in [6.07, 6.45) is 0.947. The van der Waals surface area contributed by atoms with E-state index in [1.807, 2.05) is 0 Å². The average molecular weight is 388 g/mol. The molecule has 2 rings (SSSR count). The van der Waals surface area contributed by atoms with Crippen LogP contribution < -0.4 is 11.2 Å². The second-order valence-electron chi connectivity index (χ2n) is 5.62. The molecule has 130 valence electrons. The van der Waals surface area contributed by atoms with E-state index in [2.05, 4.69) is 29.4 Å². The van der Waals surface area contributed by atoms with E-state index < -0.39 is 0 Å². The maximum atomic E-state index is 11.8. The lowest BCUT2D eigenvalue weighted by Crippen LogP contribution is -2.27. The summed E-state index contributed by atoms with van der Waals surface area (Å²) in [6, 6.07) is 5.04. The second kappa shape index (κ2) is 8.60. The second-order valence-corrected chi connectivity index (χ2v) is 7.41. The van der Waals surface area contributed by atoms with Crippen molar-refractivity contribution in [1.29, 1.82) is 0 Å². The van der Waals surface area contributed by atoms with Crippen molar-refractivity contribution >= 4 is 40.9 Å². The van der Waals surface area contributed by atoms with Gasteiger partial charge in [0.2, 0.25) is 11.1 Å². The minimum absolute atomic E-state index is 0.0604. The number of hydrogen-bond donors (Lipinski definition) is 2. The molecule has 6 nitrogen and oxygen atoms in total. The van der Waals surface area contributed by atoms with Crippen LogP contribution in [0.4, 0.5) is 0 Å². The number of thioether (sulfide) groups is 1. The quantitative estimate of drug-likeness (QED) is 0.562. The van der Waals surface area contributed by atoms with Crippen LogP contribution in [0.2, 0.25) is 10.0 Å². The molecule has 24 heavy (non-hydrogen) atoms. The summed E-state index contributed by atoms with van der Waals surface area (Å²) in [5.41, 5.74) is 0.629. The summed E-state index contributed by atoms with van der Waals surface area (Å²) in [5, 5.41) is 12.3. The van der Waals surface area contributed by atoms with Crippen LogP contribution in [-0.4, -0.2) is 33.1 Å². The minimum atomic E-state index is -0.0604. The summed E-state index contributed by atoms with van der Waals surface area (Å²) in [5.74, 6) is 7.15. The Morgan fingerprint density at radius 2 is 2.12 bits per heavy atom. The number of rotatable bonds is 7. The third-order valence-electron chi connectivity index (χ3n) is 3.21. The van der Waals surface area contributed by atoms with E-state index in [9.17, 15) is 4.79 Å². The predicted octanol–water partition coefficient (Wildman–Crippen LogP) is 3.22. The Morgan fingerprint density at radius 3 is 2.79 bits per heavy atom. The highest BCUT2D eigenvalue weighted by molar-refractivity contribution is 7.99. The van der Waals surface area contributed by atoms with Gasteiger partial charge < -0.3 is 11.2 Å². The zero-order valence-corrected chi connectivity index (χ0v) is 15.8. The molecule has 0 saturated carbocycles. The van der Waals surface area contributed by atoms with E-state index in [-0.39, 0.29) is 11.7 Å². The van der Waals surface area contributed by atoms with Crippen LogP contribution >= 0.6 is 35.0 Å². The molecule has 0 radical (unpaired) electrons. The maximum Gasteiger partial charge on any atom is 0.230 e. The number of carbonyl (C=O) groups is 1. The zero-order chi connectivity index (χ0) is 17.7. The fourth-order valence-electron chi connectivity index (χ4n) is 1.91. The first-order valence-corrected chi connectivity index (χ1v) is 9.18. The molecule has 1 amide bonds. The Bertz CT molecular complexity index is 720. The summed E-state index contributed by atoms with van der Waals surface area (Å²) in [7, 11) is 0. The first kappa shape index (κ1) is 18.9. The largest absolute Gasteiger partial charge is 0.355 e. The number of aromatic nitrogens is 3. The van der Waals surface area contributed by atoms with Crippen molar-refractivity contribution in [2.75, 3.05) is 18.1 Å². The van der Waals surface area contributed by atoms with Crippen LogP contribution in [0, 0.1) is 5.92 Å². The van der Waals surface area contributed by atoms with E-state index in [1.54, 1.807) is 18.2 Å². The molecule has 2 aromatic rings. The number of nitrogens with zero attached hydrogens (tertiary/aromatic N) is 3. The molecule has 0 atom stereocenters. The molecule has 0 aliphatic rings. The molecular weight excluding hydrogens is 369 g/mol. The lowest BCUT2D eigenvalue weighted by Gasteiger charge is -2.07. The number of nitrogens with one attached hydrogen (secondary N) is 1. The van der Waals surface area contributed by atoms with Gasteiger partial charge in [0, 0.05) is 17.1 Å².